The van der Waals surface area contributed by atoms with Crippen LogP contribution in [0.25, 0.3) is 0 Å². The minimum atomic E-state index is -1.25. The van der Waals surface area contributed by atoms with Crippen LogP contribution >= 0.6 is 0 Å². The highest BCUT2D eigenvalue weighted by atomic mass is 19.1. The molecule has 1 heterocycles. The zero-order valence-corrected chi connectivity index (χ0v) is 13.9. The minimum absolute atomic E-state index is 0.146. The number of benzene rings is 2. The van der Waals surface area contributed by atoms with Gasteiger partial charge < -0.3 is 5.32 Å². The summed E-state index contributed by atoms with van der Waals surface area (Å²) in [6.07, 6.45) is 0. The summed E-state index contributed by atoms with van der Waals surface area (Å²) in [7, 11) is 0. The molecule has 1 atom stereocenters. The number of hydrogen-bond acceptors (Lipinski definition) is 3. The Balaban J connectivity index is 1.85. The van der Waals surface area contributed by atoms with E-state index in [-0.39, 0.29) is 5.56 Å². The van der Waals surface area contributed by atoms with Crippen molar-refractivity contribution in [3.8, 4) is 0 Å². The molecule has 1 N–H and O–H groups in total. The minimum Gasteiger partial charge on any atom is -0.319 e. The fraction of sp³-hybridized carbons (Fsp3) is 0.211. The number of nitrogens with one attached hydrogen (secondary N) is 1. The fourth-order valence-electron chi connectivity index (χ4n) is 2.84. The molecule has 1 saturated heterocycles. The van der Waals surface area contributed by atoms with E-state index >= 15 is 0 Å². The second-order valence-corrected chi connectivity index (χ2v) is 6.22. The van der Waals surface area contributed by atoms with E-state index < -0.39 is 35.6 Å². The molecule has 0 unspecified atom stereocenters. The summed E-state index contributed by atoms with van der Waals surface area (Å²) in [5, 5.41) is 2.63. The topological polar surface area (TPSA) is 66.5 Å². The van der Waals surface area contributed by atoms with E-state index in [4.69, 9.17) is 0 Å². The van der Waals surface area contributed by atoms with E-state index in [9.17, 15) is 18.8 Å². The van der Waals surface area contributed by atoms with Gasteiger partial charge in [0.2, 0.25) is 0 Å². The molecule has 1 fully saturated rings. The maximum Gasteiger partial charge on any atom is 0.325 e. The number of imide groups is 1. The van der Waals surface area contributed by atoms with Crippen LogP contribution in [0.15, 0.2) is 48.5 Å². The van der Waals surface area contributed by atoms with Gasteiger partial charge in [0, 0.05) is 0 Å². The maximum absolute atomic E-state index is 13.7. The predicted molar refractivity (Wildman–Crippen MR) is 89.5 cm³/mol. The van der Waals surface area contributed by atoms with Gasteiger partial charge in [-0.25, -0.2) is 9.18 Å². The molecule has 2 aromatic carbocycles. The number of halogens is 1. The Morgan fingerprint density at radius 1 is 1.12 bits per heavy atom. The van der Waals surface area contributed by atoms with Gasteiger partial charge in [-0.1, -0.05) is 42.0 Å². The summed E-state index contributed by atoms with van der Waals surface area (Å²) in [6.45, 7) is 3.00. The van der Waals surface area contributed by atoms with E-state index in [2.05, 4.69) is 5.32 Å². The van der Waals surface area contributed by atoms with E-state index in [0.29, 0.717) is 5.56 Å². The first kappa shape index (κ1) is 16.8. The Bertz CT molecular complexity index is 863. The summed E-state index contributed by atoms with van der Waals surface area (Å²) in [4.78, 5) is 38.1. The predicted octanol–water partition coefficient (Wildman–Crippen LogP) is 2.78. The number of nitrogens with zero attached hydrogens (tertiary/aromatic N) is 1. The van der Waals surface area contributed by atoms with Gasteiger partial charge in [0.05, 0.1) is 12.1 Å². The molecule has 0 spiro atoms. The summed E-state index contributed by atoms with van der Waals surface area (Å²) in [5.74, 6) is -1.85. The van der Waals surface area contributed by atoms with Crippen LogP contribution in [-0.4, -0.2) is 29.2 Å². The van der Waals surface area contributed by atoms with Crippen LogP contribution in [0.1, 0.15) is 28.4 Å². The molecule has 0 aliphatic carbocycles. The molecule has 0 radical (unpaired) electrons. The van der Waals surface area contributed by atoms with Gasteiger partial charge in [-0.3, -0.25) is 14.5 Å². The van der Waals surface area contributed by atoms with Crippen LogP contribution < -0.4 is 5.32 Å². The Kier molecular flexibility index (Phi) is 4.12. The van der Waals surface area contributed by atoms with Crippen LogP contribution in [0.2, 0.25) is 0 Å². The fourth-order valence-corrected chi connectivity index (χ4v) is 2.84. The molecular formula is C19H17FN2O3. The number of carbonyl (C=O) groups excluding carboxylic acids is 3. The molecule has 6 heteroatoms. The van der Waals surface area contributed by atoms with Crippen LogP contribution in [0, 0.1) is 12.7 Å². The van der Waals surface area contributed by atoms with Crippen molar-refractivity contribution in [2.45, 2.75) is 19.4 Å². The van der Waals surface area contributed by atoms with E-state index in [1.807, 2.05) is 19.1 Å². The van der Waals surface area contributed by atoms with E-state index in [0.717, 1.165) is 16.5 Å². The second kappa shape index (κ2) is 6.12. The van der Waals surface area contributed by atoms with Crippen molar-refractivity contribution in [2.75, 3.05) is 6.54 Å². The third-order valence-corrected chi connectivity index (χ3v) is 4.38. The van der Waals surface area contributed by atoms with Crippen molar-refractivity contribution in [3.63, 3.8) is 0 Å². The largest absolute Gasteiger partial charge is 0.325 e. The zero-order valence-electron chi connectivity index (χ0n) is 13.9. The number of urea groups is 1. The summed E-state index contributed by atoms with van der Waals surface area (Å²) in [6, 6.07) is 12.0. The average Bonchev–Trinajstić information content (AvgIpc) is 2.80. The van der Waals surface area contributed by atoms with Crippen LogP contribution in [0.3, 0.4) is 0 Å². The summed E-state index contributed by atoms with van der Waals surface area (Å²) in [5.41, 5.74) is 0.250. The third kappa shape index (κ3) is 2.91. The molecule has 0 saturated carbocycles. The number of Topliss-reactive ketones (excluding diaryl/α,β-unsaturated/α-hetero) is 1. The Hall–Kier alpha value is -3.02. The Morgan fingerprint density at radius 2 is 1.76 bits per heavy atom. The highest BCUT2D eigenvalue weighted by molar-refractivity contribution is 6.11. The smallest absolute Gasteiger partial charge is 0.319 e. The first-order chi connectivity index (χ1) is 11.8. The molecular weight excluding hydrogens is 323 g/mol. The molecule has 5 nitrogen and oxygen atoms in total. The van der Waals surface area contributed by atoms with Gasteiger partial charge in [0.15, 0.2) is 5.78 Å². The number of aryl methyl sites for hydroxylation is 1. The van der Waals surface area contributed by atoms with Crippen LogP contribution in [0.4, 0.5) is 9.18 Å². The molecule has 0 aromatic heterocycles. The number of carbonyl (C=O) groups is 3. The van der Waals surface area contributed by atoms with Gasteiger partial charge in [-0.05, 0) is 31.5 Å². The third-order valence-electron chi connectivity index (χ3n) is 4.38. The normalized spacial score (nSPS) is 19.9. The lowest BCUT2D eigenvalue weighted by Crippen LogP contribution is -2.41. The lowest BCUT2D eigenvalue weighted by Gasteiger charge is -2.22. The van der Waals surface area contributed by atoms with Gasteiger partial charge >= 0.3 is 6.03 Å². The maximum atomic E-state index is 13.7. The van der Waals surface area contributed by atoms with Crippen molar-refractivity contribution in [1.82, 2.24) is 10.2 Å². The lowest BCUT2D eigenvalue weighted by molar-refractivity contribution is -0.130. The van der Waals surface area contributed by atoms with Gasteiger partial charge in [-0.15, -0.1) is 0 Å². The highest BCUT2D eigenvalue weighted by Crippen LogP contribution is 2.29. The van der Waals surface area contributed by atoms with E-state index in [1.165, 1.54) is 18.2 Å². The number of rotatable bonds is 4. The second-order valence-electron chi connectivity index (χ2n) is 6.22. The summed E-state index contributed by atoms with van der Waals surface area (Å²) >= 11 is 0. The number of hydrogen-bond donors (Lipinski definition) is 1. The van der Waals surface area contributed by atoms with Crippen molar-refractivity contribution >= 4 is 17.7 Å². The molecule has 128 valence electrons. The molecule has 1 aliphatic rings. The standard InChI is InChI=1S/C19H17FN2O3/c1-12-7-9-13(10-8-12)19(2)17(24)22(18(25)21-19)11-16(23)14-5-3-4-6-15(14)20/h3-10H,11H2,1-2H3,(H,21,25)/t19-/m1/s1. The lowest BCUT2D eigenvalue weighted by atomic mass is 9.91. The van der Waals surface area contributed by atoms with Crippen molar-refractivity contribution in [1.29, 1.82) is 0 Å². The first-order valence-electron chi connectivity index (χ1n) is 7.82. The van der Waals surface area contributed by atoms with E-state index in [1.54, 1.807) is 19.1 Å². The molecule has 1 aliphatic heterocycles. The van der Waals surface area contributed by atoms with Crippen LogP contribution in [0.5, 0.6) is 0 Å². The van der Waals surface area contributed by atoms with Crippen molar-refractivity contribution in [2.24, 2.45) is 0 Å². The van der Waals surface area contributed by atoms with Gasteiger partial charge in [0.1, 0.15) is 11.4 Å². The van der Waals surface area contributed by atoms with Crippen molar-refractivity contribution < 1.29 is 18.8 Å². The first-order valence-corrected chi connectivity index (χ1v) is 7.82. The Morgan fingerprint density at radius 3 is 2.40 bits per heavy atom. The van der Waals surface area contributed by atoms with Crippen LogP contribution in [-0.2, 0) is 10.3 Å². The molecule has 2 aromatic rings. The molecule has 3 amide bonds. The van der Waals surface area contributed by atoms with Gasteiger partial charge in [0.25, 0.3) is 5.91 Å². The number of ketones is 1. The highest BCUT2D eigenvalue weighted by Gasteiger charge is 2.49. The zero-order chi connectivity index (χ0) is 18.2. The number of amides is 3. The van der Waals surface area contributed by atoms with Gasteiger partial charge in [-0.2, -0.15) is 0 Å². The molecule has 0 bridgehead atoms. The van der Waals surface area contributed by atoms with Crippen molar-refractivity contribution in [3.05, 3.63) is 71.0 Å². The Labute approximate surface area is 144 Å². The average molecular weight is 340 g/mol. The molecule has 3 rings (SSSR count). The quantitative estimate of drug-likeness (QED) is 0.687. The molecule has 25 heavy (non-hydrogen) atoms. The monoisotopic (exact) mass is 340 g/mol. The summed E-state index contributed by atoms with van der Waals surface area (Å²) < 4.78 is 13.7. The SMILES string of the molecule is Cc1ccc([C@@]2(C)NC(=O)N(CC(=O)c3ccccc3F)C2=O)cc1.